The number of hydrogen-bond donors (Lipinski definition) is 0. The van der Waals surface area contributed by atoms with Gasteiger partial charge in [-0.3, -0.25) is 9.36 Å². The van der Waals surface area contributed by atoms with Crippen molar-refractivity contribution in [1.29, 1.82) is 0 Å². The maximum atomic E-state index is 12.9. The van der Waals surface area contributed by atoms with Crippen molar-refractivity contribution in [2.24, 2.45) is 0 Å². The van der Waals surface area contributed by atoms with Gasteiger partial charge in [0.1, 0.15) is 29.8 Å². The monoisotopic (exact) mass is 404 g/mol. The molecule has 154 valence electrons. The van der Waals surface area contributed by atoms with Crippen molar-refractivity contribution in [3.63, 3.8) is 0 Å². The Balaban J connectivity index is 1.51. The second kappa shape index (κ2) is 8.41. The maximum Gasteiger partial charge on any atom is 0.264 e. The molecule has 0 aliphatic rings. The molecule has 7 heteroatoms. The van der Waals surface area contributed by atoms with E-state index >= 15 is 0 Å². The molecule has 0 aliphatic heterocycles. The van der Waals surface area contributed by atoms with Gasteiger partial charge in [0.2, 0.25) is 0 Å². The molecule has 4 rings (SSSR count). The van der Waals surface area contributed by atoms with Crippen LogP contribution in [0.1, 0.15) is 18.1 Å². The number of fused-ring (bicyclic) bond motifs is 1. The Kier molecular flexibility index (Phi) is 5.52. The topological polar surface area (TPSA) is 71.2 Å². The summed E-state index contributed by atoms with van der Waals surface area (Å²) in [6.45, 7) is 7.38. The molecule has 0 aliphatic carbocycles. The molecule has 0 atom stereocenters. The number of aromatic nitrogens is 4. The van der Waals surface area contributed by atoms with Crippen LogP contribution in [0.2, 0.25) is 0 Å². The van der Waals surface area contributed by atoms with Gasteiger partial charge in [0, 0.05) is 0 Å². The third-order valence-electron chi connectivity index (χ3n) is 4.74. The van der Waals surface area contributed by atoms with E-state index in [1.165, 1.54) is 0 Å². The van der Waals surface area contributed by atoms with Crippen LogP contribution in [-0.4, -0.2) is 32.5 Å². The molecule has 0 N–H and O–H groups in total. The summed E-state index contributed by atoms with van der Waals surface area (Å²) in [6, 6.07) is 13.6. The van der Waals surface area contributed by atoms with E-state index in [0.29, 0.717) is 30.8 Å². The fraction of sp³-hybridized carbons (Fsp3) is 0.261. The minimum absolute atomic E-state index is 0.133. The molecule has 30 heavy (non-hydrogen) atoms. The maximum absolute atomic E-state index is 12.9. The van der Waals surface area contributed by atoms with Crippen molar-refractivity contribution in [1.82, 2.24) is 19.3 Å². The zero-order valence-electron chi connectivity index (χ0n) is 17.3. The first-order chi connectivity index (χ1) is 14.5. The Hall–Kier alpha value is -3.61. The zero-order valence-corrected chi connectivity index (χ0v) is 17.3. The average molecular weight is 404 g/mol. The first-order valence-electron chi connectivity index (χ1n) is 9.92. The normalized spacial score (nSPS) is 11.0. The van der Waals surface area contributed by atoms with Gasteiger partial charge in [-0.05, 0) is 68.3 Å². The third kappa shape index (κ3) is 4.05. The van der Waals surface area contributed by atoms with Gasteiger partial charge < -0.3 is 9.47 Å². The van der Waals surface area contributed by atoms with Gasteiger partial charge in [-0.2, -0.15) is 5.10 Å². The molecule has 0 saturated heterocycles. The molecule has 0 unspecified atom stereocenters. The van der Waals surface area contributed by atoms with E-state index < -0.39 is 0 Å². The van der Waals surface area contributed by atoms with Crippen LogP contribution in [0.25, 0.3) is 16.7 Å². The summed E-state index contributed by atoms with van der Waals surface area (Å²) in [7, 11) is 0. The number of benzene rings is 2. The van der Waals surface area contributed by atoms with Gasteiger partial charge in [0.15, 0.2) is 5.65 Å². The summed E-state index contributed by atoms with van der Waals surface area (Å²) in [6.07, 6.45) is 3.12. The number of ether oxygens (including phenoxy) is 2. The lowest BCUT2D eigenvalue weighted by Gasteiger charge is -2.09. The summed E-state index contributed by atoms with van der Waals surface area (Å²) in [5.41, 5.74) is 3.58. The first kappa shape index (κ1) is 19.7. The summed E-state index contributed by atoms with van der Waals surface area (Å²) < 4.78 is 14.4. The van der Waals surface area contributed by atoms with Gasteiger partial charge in [-0.25, -0.2) is 9.67 Å². The molecule has 0 fully saturated rings. The van der Waals surface area contributed by atoms with Crippen molar-refractivity contribution >= 4 is 11.0 Å². The SMILES string of the molecule is CCOc1ccc(OCCn2cnc3c(cnn3-c3cc(C)cc(C)c3)c2=O)cc1. The van der Waals surface area contributed by atoms with Crippen molar-refractivity contribution in [3.8, 4) is 17.2 Å². The fourth-order valence-corrected chi connectivity index (χ4v) is 3.43. The Morgan fingerprint density at radius 2 is 1.63 bits per heavy atom. The minimum atomic E-state index is -0.133. The van der Waals surface area contributed by atoms with Gasteiger partial charge in [-0.15, -0.1) is 0 Å². The van der Waals surface area contributed by atoms with Crippen molar-refractivity contribution in [3.05, 3.63) is 76.5 Å². The van der Waals surface area contributed by atoms with Gasteiger partial charge in [0.25, 0.3) is 5.56 Å². The molecule has 0 radical (unpaired) electrons. The molecule has 0 bridgehead atoms. The van der Waals surface area contributed by atoms with Crippen molar-refractivity contribution in [2.45, 2.75) is 27.3 Å². The van der Waals surface area contributed by atoms with Crippen molar-refractivity contribution < 1.29 is 9.47 Å². The van der Waals surface area contributed by atoms with Crippen LogP contribution in [0.3, 0.4) is 0 Å². The molecule has 2 aromatic carbocycles. The van der Waals surface area contributed by atoms with Gasteiger partial charge >= 0.3 is 0 Å². The molecule has 0 spiro atoms. The first-order valence-corrected chi connectivity index (χ1v) is 9.92. The van der Waals surface area contributed by atoms with Crippen LogP contribution < -0.4 is 15.0 Å². The summed E-state index contributed by atoms with van der Waals surface area (Å²) in [5, 5.41) is 4.88. The fourth-order valence-electron chi connectivity index (χ4n) is 3.43. The molecule has 4 aromatic rings. The van der Waals surface area contributed by atoms with Crippen LogP contribution in [0.5, 0.6) is 11.5 Å². The van der Waals surface area contributed by atoms with Crippen LogP contribution in [0.4, 0.5) is 0 Å². The van der Waals surface area contributed by atoms with E-state index in [4.69, 9.17) is 9.47 Å². The minimum Gasteiger partial charge on any atom is -0.494 e. The predicted octanol–water partition coefficient (Wildman–Crippen LogP) is 3.68. The highest BCUT2D eigenvalue weighted by molar-refractivity contribution is 5.75. The van der Waals surface area contributed by atoms with Crippen LogP contribution in [-0.2, 0) is 6.54 Å². The molecular weight excluding hydrogens is 380 g/mol. The lowest BCUT2D eigenvalue weighted by molar-refractivity contribution is 0.294. The highest BCUT2D eigenvalue weighted by Crippen LogP contribution is 2.18. The molecular formula is C23H24N4O3. The van der Waals surface area contributed by atoms with Gasteiger partial charge in [-0.1, -0.05) is 6.07 Å². The number of rotatable bonds is 7. The lowest BCUT2D eigenvalue weighted by Crippen LogP contribution is -2.23. The number of nitrogens with zero attached hydrogens (tertiary/aromatic N) is 4. The third-order valence-corrected chi connectivity index (χ3v) is 4.74. The van der Waals surface area contributed by atoms with E-state index in [1.807, 2.05) is 57.2 Å². The van der Waals surface area contributed by atoms with E-state index in [0.717, 1.165) is 28.3 Å². The van der Waals surface area contributed by atoms with Crippen molar-refractivity contribution in [2.75, 3.05) is 13.2 Å². The zero-order chi connectivity index (χ0) is 21.1. The summed E-state index contributed by atoms with van der Waals surface area (Å²) >= 11 is 0. The molecule has 2 aromatic heterocycles. The second-order valence-corrected chi connectivity index (χ2v) is 7.14. The standard InChI is InChI=1S/C23H24N4O3/c1-4-29-19-5-7-20(8-6-19)30-10-9-26-15-24-22-21(23(26)28)14-25-27(22)18-12-16(2)11-17(3)13-18/h5-8,11-15H,4,9-10H2,1-3H3. The average Bonchev–Trinajstić information content (AvgIpc) is 3.15. The van der Waals surface area contributed by atoms with E-state index in [1.54, 1.807) is 21.8 Å². The van der Waals surface area contributed by atoms with Gasteiger partial charge in [0.05, 0.1) is 25.0 Å². The van der Waals surface area contributed by atoms with Crippen LogP contribution >= 0.6 is 0 Å². The Bertz CT molecular complexity index is 1210. The summed E-state index contributed by atoms with van der Waals surface area (Å²) in [4.78, 5) is 17.4. The highest BCUT2D eigenvalue weighted by atomic mass is 16.5. The lowest BCUT2D eigenvalue weighted by atomic mass is 10.1. The van der Waals surface area contributed by atoms with E-state index in [2.05, 4.69) is 16.1 Å². The second-order valence-electron chi connectivity index (χ2n) is 7.14. The Morgan fingerprint density at radius 1 is 0.967 bits per heavy atom. The van der Waals surface area contributed by atoms with Crippen LogP contribution in [0, 0.1) is 13.8 Å². The Labute approximate surface area is 174 Å². The number of hydrogen-bond acceptors (Lipinski definition) is 5. The largest absolute Gasteiger partial charge is 0.494 e. The highest BCUT2D eigenvalue weighted by Gasteiger charge is 2.12. The molecule has 0 amide bonds. The number of aryl methyl sites for hydroxylation is 2. The smallest absolute Gasteiger partial charge is 0.264 e. The predicted molar refractivity (Wildman–Crippen MR) is 116 cm³/mol. The van der Waals surface area contributed by atoms with Crippen LogP contribution in [0.15, 0.2) is 59.8 Å². The molecule has 2 heterocycles. The summed E-state index contributed by atoms with van der Waals surface area (Å²) in [5.74, 6) is 1.53. The Morgan fingerprint density at radius 3 is 2.30 bits per heavy atom. The molecule has 0 saturated carbocycles. The molecule has 7 nitrogen and oxygen atoms in total. The van der Waals surface area contributed by atoms with E-state index in [9.17, 15) is 4.79 Å². The van der Waals surface area contributed by atoms with E-state index in [-0.39, 0.29) is 5.56 Å². The quantitative estimate of drug-likeness (QED) is 0.470.